The Morgan fingerprint density at radius 3 is 2.50 bits per heavy atom. The normalized spacial score (nSPS) is 16.1. The number of amides is 2. The highest BCUT2D eigenvalue weighted by molar-refractivity contribution is 5.82. The molecule has 132 valence electrons. The van der Waals surface area contributed by atoms with Crippen molar-refractivity contribution in [3.8, 4) is 0 Å². The molecule has 0 aromatic heterocycles. The van der Waals surface area contributed by atoms with Crippen LogP contribution in [-0.4, -0.2) is 36.3 Å². The Morgan fingerprint density at radius 1 is 1.25 bits per heavy atom. The molecule has 0 saturated carbocycles. The number of hydrogen-bond acceptors (Lipinski definition) is 2. The summed E-state index contributed by atoms with van der Waals surface area (Å²) in [5, 5.41) is 2.93. The average Bonchev–Trinajstić information content (AvgIpc) is 2.53. The lowest BCUT2D eigenvalue weighted by Crippen LogP contribution is -2.46. The van der Waals surface area contributed by atoms with Crippen LogP contribution >= 0.6 is 0 Å². The summed E-state index contributed by atoms with van der Waals surface area (Å²) in [6, 6.07) is 6.43. The maximum absolute atomic E-state index is 13.1. The van der Waals surface area contributed by atoms with Gasteiger partial charge >= 0.3 is 0 Å². The average molecular weight is 334 g/mol. The zero-order chi connectivity index (χ0) is 17.7. The summed E-state index contributed by atoms with van der Waals surface area (Å²) in [4.78, 5) is 26.3. The predicted molar refractivity (Wildman–Crippen MR) is 91.9 cm³/mol. The van der Waals surface area contributed by atoms with Gasteiger partial charge in [0.25, 0.3) is 0 Å². The molecule has 0 unspecified atom stereocenters. The molecule has 1 aliphatic rings. The SMILES string of the molecule is CC(C)(C)C(=O)N1CCC(C(=O)NCCc2cccc(F)c2)CC1. The van der Waals surface area contributed by atoms with Crippen molar-refractivity contribution >= 4 is 11.8 Å². The van der Waals surface area contributed by atoms with Gasteiger partial charge in [-0.15, -0.1) is 0 Å². The number of carbonyl (C=O) groups is 2. The number of likely N-dealkylation sites (tertiary alicyclic amines) is 1. The Kier molecular flexibility index (Phi) is 5.97. The molecule has 1 fully saturated rings. The van der Waals surface area contributed by atoms with Gasteiger partial charge in [0.05, 0.1) is 0 Å². The molecule has 24 heavy (non-hydrogen) atoms. The van der Waals surface area contributed by atoms with Crippen LogP contribution in [0.25, 0.3) is 0 Å². The lowest BCUT2D eigenvalue weighted by molar-refractivity contribution is -0.142. The number of rotatable bonds is 4. The number of nitrogens with one attached hydrogen (secondary N) is 1. The number of nitrogens with zero attached hydrogens (tertiary/aromatic N) is 1. The van der Waals surface area contributed by atoms with E-state index in [0.29, 0.717) is 38.9 Å². The first-order chi connectivity index (χ1) is 11.3. The van der Waals surface area contributed by atoms with Crippen molar-refractivity contribution in [1.82, 2.24) is 10.2 Å². The Hall–Kier alpha value is -1.91. The van der Waals surface area contributed by atoms with E-state index in [-0.39, 0.29) is 29.0 Å². The van der Waals surface area contributed by atoms with E-state index in [0.717, 1.165) is 5.56 Å². The van der Waals surface area contributed by atoms with E-state index in [4.69, 9.17) is 0 Å². The van der Waals surface area contributed by atoms with Gasteiger partial charge in [-0.3, -0.25) is 9.59 Å². The quantitative estimate of drug-likeness (QED) is 0.920. The van der Waals surface area contributed by atoms with Gasteiger partial charge in [0.1, 0.15) is 5.82 Å². The second kappa shape index (κ2) is 7.77. The van der Waals surface area contributed by atoms with Crippen molar-refractivity contribution in [2.75, 3.05) is 19.6 Å². The van der Waals surface area contributed by atoms with Crippen LogP contribution in [0.4, 0.5) is 4.39 Å². The first kappa shape index (κ1) is 18.4. The summed E-state index contributed by atoms with van der Waals surface area (Å²) < 4.78 is 13.1. The smallest absolute Gasteiger partial charge is 0.227 e. The molecule has 0 spiro atoms. The summed E-state index contributed by atoms with van der Waals surface area (Å²) in [6.07, 6.45) is 2.02. The zero-order valence-electron chi connectivity index (χ0n) is 14.8. The standard InChI is InChI=1S/C19H27FN2O2/c1-19(2,3)18(24)22-11-8-15(9-12-22)17(23)21-10-7-14-5-4-6-16(20)13-14/h4-6,13,15H,7-12H2,1-3H3,(H,21,23). The minimum absolute atomic E-state index is 0.0364. The van der Waals surface area contributed by atoms with E-state index in [9.17, 15) is 14.0 Å². The molecule has 0 aliphatic carbocycles. The Balaban J connectivity index is 1.74. The first-order valence-electron chi connectivity index (χ1n) is 8.59. The molecule has 2 amide bonds. The van der Waals surface area contributed by atoms with Gasteiger partial charge in [0, 0.05) is 31.0 Å². The predicted octanol–water partition coefficient (Wildman–Crippen LogP) is 2.77. The second-order valence-corrected chi connectivity index (χ2v) is 7.49. The summed E-state index contributed by atoms with van der Waals surface area (Å²) in [7, 11) is 0. The van der Waals surface area contributed by atoms with Crippen molar-refractivity contribution < 1.29 is 14.0 Å². The first-order valence-corrected chi connectivity index (χ1v) is 8.59. The van der Waals surface area contributed by atoms with E-state index in [2.05, 4.69) is 5.32 Å². The van der Waals surface area contributed by atoms with Crippen molar-refractivity contribution in [2.24, 2.45) is 11.3 Å². The largest absolute Gasteiger partial charge is 0.356 e. The summed E-state index contributed by atoms with van der Waals surface area (Å²) in [5.74, 6) is -0.113. The van der Waals surface area contributed by atoms with Gasteiger partial charge in [-0.05, 0) is 37.0 Å². The molecule has 1 N–H and O–H groups in total. The van der Waals surface area contributed by atoms with Crippen LogP contribution in [-0.2, 0) is 16.0 Å². The van der Waals surface area contributed by atoms with Crippen LogP contribution in [0, 0.1) is 17.2 Å². The molecule has 4 nitrogen and oxygen atoms in total. The fourth-order valence-corrected chi connectivity index (χ4v) is 2.99. The zero-order valence-corrected chi connectivity index (χ0v) is 14.8. The molecule has 0 radical (unpaired) electrons. The highest BCUT2D eigenvalue weighted by atomic mass is 19.1. The monoisotopic (exact) mass is 334 g/mol. The number of benzene rings is 1. The van der Waals surface area contributed by atoms with Crippen molar-refractivity contribution in [2.45, 2.75) is 40.0 Å². The summed E-state index contributed by atoms with van der Waals surface area (Å²) in [6.45, 7) is 7.53. The van der Waals surface area contributed by atoms with E-state index < -0.39 is 0 Å². The highest BCUT2D eigenvalue weighted by Gasteiger charge is 2.32. The number of hydrogen-bond donors (Lipinski definition) is 1. The van der Waals surface area contributed by atoms with Gasteiger partial charge in [0.2, 0.25) is 11.8 Å². The molecule has 1 aromatic carbocycles. The topological polar surface area (TPSA) is 49.4 Å². The molecule has 1 aromatic rings. The van der Waals surface area contributed by atoms with Gasteiger partial charge in [-0.25, -0.2) is 4.39 Å². The molecule has 2 rings (SSSR count). The van der Waals surface area contributed by atoms with Gasteiger partial charge in [0.15, 0.2) is 0 Å². The molecule has 5 heteroatoms. The Bertz CT molecular complexity index is 587. The molecule has 1 saturated heterocycles. The van der Waals surface area contributed by atoms with E-state index in [1.54, 1.807) is 6.07 Å². The third kappa shape index (κ3) is 5.05. The van der Waals surface area contributed by atoms with Crippen molar-refractivity contribution in [3.63, 3.8) is 0 Å². The molecule has 0 atom stereocenters. The van der Waals surface area contributed by atoms with Gasteiger partial charge in [-0.1, -0.05) is 32.9 Å². The lowest BCUT2D eigenvalue weighted by Gasteiger charge is -2.35. The highest BCUT2D eigenvalue weighted by Crippen LogP contribution is 2.23. The molecule has 1 aliphatic heterocycles. The maximum atomic E-state index is 13.1. The lowest BCUT2D eigenvalue weighted by atomic mass is 9.90. The fourth-order valence-electron chi connectivity index (χ4n) is 2.99. The third-order valence-corrected chi connectivity index (χ3v) is 4.40. The van der Waals surface area contributed by atoms with Crippen molar-refractivity contribution in [3.05, 3.63) is 35.6 Å². The Labute approximate surface area is 143 Å². The number of halogens is 1. The van der Waals surface area contributed by atoms with Gasteiger partial charge < -0.3 is 10.2 Å². The second-order valence-electron chi connectivity index (χ2n) is 7.49. The van der Waals surface area contributed by atoms with Crippen LogP contribution < -0.4 is 5.32 Å². The number of piperidine rings is 1. The van der Waals surface area contributed by atoms with Crippen LogP contribution in [0.1, 0.15) is 39.2 Å². The minimum Gasteiger partial charge on any atom is -0.356 e. The molecule has 0 bridgehead atoms. The van der Waals surface area contributed by atoms with E-state index in [1.165, 1.54) is 12.1 Å². The fraction of sp³-hybridized carbons (Fsp3) is 0.579. The van der Waals surface area contributed by atoms with E-state index in [1.807, 2.05) is 31.7 Å². The summed E-state index contributed by atoms with van der Waals surface area (Å²) >= 11 is 0. The molecular formula is C19H27FN2O2. The van der Waals surface area contributed by atoms with Crippen LogP contribution in [0.5, 0.6) is 0 Å². The van der Waals surface area contributed by atoms with Crippen LogP contribution in [0.3, 0.4) is 0 Å². The maximum Gasteiger partial charge on any atom is 0.227 e. The molecular weight excluding hydrogens is 307 g/mol. The minimum atomic E-state index is -0.375. The van der Waals surface area contributed by atoms with Crippen LogP contribution in [0.15, 0.2) is 24.3 Å². The summed E-state index contributed by atoms with van der Waals surface area (Å²) in [5.41, 5.74) is 0.501. The van der Waals surface area contributed by atoms with Crippen molar-refractivity contribution in [1.29, 1.82) is 0 Å². The van der Waals surface area contributed by atoms with Gasteiger partial charge in [-0.2, -0.15) is 0 Å². The van der Waals surface area contributed by atoms with E-state index >= 15 is 0 Å². The Morgan fingerprint density at radius 2 is 1.92 bits per heavy atom. The number of carbonyl (C=O) groups excluding carboxylic acids is 2. The molecule has 1 heterocycles. The van der Waals surface area contributed by atoms with Crippen LogP contribution in [0.2, 0.25) is 0 Å². The third-order valence-electron chi connectivity index (χ3n) is 4.40.